The van der Waals surface area contributed by atoms with E-state index >= 15 is 0 Å². The van der Waals surface area contributed by atoms with E-state index in [1.807, 2.05) is 6.07 Å². The Morgan fingerprint density at radius 2 is 1.38 bits per heavy atom. The van der Waals surface area contributed by atoms with Crippen LogP contribution in [0, 0.1) is 0 Å². The van der Waals surface area contributed by atoms with Crippen LogP contribution in [0.1, 0.15) is 88.2 Å². The van der Waals surface area contributed by atoms with E-state index < -0.39 is 0 Å². The number of rotatable bonds is 16. The molecule has 0 aliphatic rings. The van der Waals surface area contributed by atoms with Crippen LogP contribution in [0.25, 0.3) is 0 Å². The number of unbranched alkanes of at least 4 members (excludes halogenated alkanes) is 8. The molecule has 1 rings (SSSR count). The minimum atomic E-state index is 0.226. The number of thioether (sulfide) groups is 2. The molecule has 0 spiro atoms. The van der Waals surface area contributed by atoms with Gasteiger partial charge in [-0.05, 0) is 42.0 Å². The normalized spacial score (nSPS) is 11.2. The summed E-state index contributed by atoms with van der Waals surface area (Å²) >= 11 is 4.10. The van der Waals surface area contributed by atoms with E-state index in [4.69, 9.17) is 4.74 Å². The zero-order chi connectivity index (χ0) is 19.0. The molecule has 0 unspecified atom stereocenters. The van der Waals surface area contributed by atoms with E-state index in [0.717, 1.165) is 0 Å². The quantitative estimate of drug-likeness (QED) is 0.227. The molecule has 0 radical (unpaired) electrons. The zero-order valence-electron chi connectivity index (χ0n) is 17.0. The second kappa shape index (κ2) is 15.6. The van der Waals surface area contributed by atoms with Gasteiger partial charge in [0.25, 0.3) is 0 Å². The van der Waals surface area contributed by atoms with Crippen molar-refractivity contribution in [2.45, 2.75) is 82.6 Å². The molecule has 4 heteroatoms. The van der Waals surface area contributed by atoms with E-state index in [9.17, 15) is 5.11 Å². The van der Waals surface area contributed by atoms with Crippen molar-refractivity contribution in [1.82, 2.24) is 0 Å². The van der Waals surface area contributed by atoms with Gasteiger partial charge in [0.05, 0.1) is 11.7 Å². The van der Waals surface area contributed by atoms with Gasteiger partial charge in [-0.15, -0.1) is 23.5 Å². The highest BCUT2D eigenvalue weighted by Crippen LogP contribution is 2.43. The molecule has 0 heterocycles. The molecule has 0 saturated carbocycles. The fourth-order valence-electron chi connectivity index (χ4n) is 2.87. The maximum Gasteiger partial charge on any atom is 0.160 e. The van der Waals surface area contributed by atoms with Crippen LogP contribution in [-0.2, 0) is 0 Å². The lowest BCUT2D eigenvalue weighted by molar-refractivity contribution is 0.373. The summed E-state index contributed by atoms with van der Waals surface area (Å²) in [4.78, 5) is 0. The predicted molar refractivity (Wildman–Crippen MR) is 120 cm³/mol. The topological polar surface area (TPSA) is 29.5 Å². The highest BCUT2D eigenvalue weighted by Gasteiger charge is 2.15. The van der Waals surface area contributed by atoms with E-state index in [-0.39, 0.29) is 5.75 Å². The first kappa shape index (κ1) is 23.6. The Balaban J connectivity index is 2.51. The molecular weight excluding hydrogens is 360 g/mol. The standard InChI is InChI=1S/C22H38O2S2/c1-4-6-8-10-12-16-25-22(26-17-13-11-9-7-5-2)19-14-15-20(23)21(18-19)24-3/h14-15,18,22-23H,4-13,16-17H2,1-3H3. The van der Waals surface area contributed by atoms with Crippen LogP contribution in [0.5, 0.6) is 11.5 Å². The number of phenolic OH excluding ortho intramolecular Hbond substituents is 1. The van der Waals surface area contributed by atoms with Crippen molar-refractivity contribution in [3.63, 3.8) is 0 Å². The van der Waals surface area contributed by atoms with Gasteiger partial charge in [-0.25, -0.2) is 0 Å². The Morgan fingerprint density at radius 3 is 1.88 bits per heavy atom. The first-order valence-electron chi connectivity index (χ1n) is 10.3. The molecule has 0 atom stereocenters. The van der Waals surface area contributed by atoms with Crippen LogP contribution < -0.4 is 4.74 Å². The Morgan fingerprint density at radius 1 is 0.846 bits per heavy atom. The molecule has 0 saturated heterocycles. The number of ether oxygens (including phenoxy) is 1. The summed E-state index contributed by atoms with van der Waals surface area (Å²) in [6.07, 6.45) is 13.3. The van der Waals surface area contributed by atoms with Gasteiger partial charge < -0.3 is 9.84 Å². The van der Waals surface area contributed by atoms with Gasteiger partial charge in [0.1, 0.15) is 0 Å². The molecule has 1 aromatic carbocycles. The van der Waals surface area contributed by atoms with Gasteiger partial charge in [0.15, 0.2) is 11.5 Å². The van der Waals surface area contributed by atoms with Crippen LogP contribution in [0.2, 0.25) is 0 Å². The highest BCUT2D eigenvalue weighted by atomic mass is 32.2. The first-order chi connectivity index (χ1) is 12.7. The van der Waals surface area contributed by atoms with Crippen molar-refractivity contribution in [2.75, 3.05) is 18.6 Å². The number of benzene rings is 1. The number of aromatic hydroxyl groups is 1. The third-order valence-corrected chi connectivity index (χ3v) is 7.53. The van der Waals surface area contributed by atoms with Crippen LogP contribution in [-0.4, -0.2) is 23.7 Å². The van der Waals surface area contributed by atoms with Gasteiger partial charge in [-0.1, -0.05) is 71.3 Å². The predicted octanol–water partition coefficient (Wildman–Crippen LogP) is 7.81. The van der Waals surface area contributed by atoms with Gasteiger partial charge >= 0.3 is 0 Å². The monoisotopic (exact) mass is 398 g/mol. The van der Waals surface area contributed by atoms with Crippen molar-refractivity contribution in [1.29, 1.82) is 0 Å². The second-order valence-corrected chi connectivity index (χ2v) is 9.56. The molecule has 0 amide bonds. The molecule has 0 bridgehead atoms. The van der Waals surface area contributed by atoms with Gasteiger partial charge in [-0.2, -0.15) is 0 Å². The van der Waals surface area contributed by atoms with Crippen molar-refractivity contribution in [2.24, 2.45) is 0 Å². The molecule has 0 aliphatic heterocycles. The van der Waals surface area contributed by atoms with Gasteiger partial charge in [0.2, 0.25) is 0 Å². The zero-order valence-corrected chi connectivity index (χ0v) is 18.6. The number of phenols is 1. The van der Waals surface area contributed by atoms with Crippen molar-refractivity contribution in [3.05, 3.63) is 23.8 Å². The van der Waals surface area contributed by atoms with Gasteiger partial charge in [-0.3, -0.25) is 0 Å². The molecule has 150 valence electrons. The summed E-state index contributed by atoms with van der Waals surface area (Å²) in [7, 11) is 1.62. The average molecular weight is 399 g/mol. The number of hydrogen-bond donors (Lipinski definition) is 1. The van der Waals surface area contributed by atoms with Crippen LogP contribution >= 0.6 is 23.5 Å². The summed E-state index contributed by atoms with van der Waals surface area (Å²) in [5, 5.41) is 9.87. The third-order valence-electron chi connectivity index (χ3n) is 4.51. The van der Waals surface area contributed by atoms with E-state index in [0.29, 0.717) is 10.3 Å². The number of hydrogen-bond acceptors (Lipinski definition) is 4. The van der Waals surface area contributed by atoms with E-state index in [1.165, 1.54) is 81.3 Å². The smallest absolute Gasteiger partial charge is 0.160 e. The Bertz CT molecular complexity index is 449. The van der Waals surface area contributed by atoms with E-state index in [2.05, 4.69) is 43.4 Å². The molecule has 1 aromatic rings. The lowest BCUT2D eigenvalue weighted by Crippen LogP contribution is -1.95. The minimum absolute atomic E-state index is 0.226. The third kappa shape index (κ3) is 10.0. The van der Waals surface area contributed by atoms with Crippen molar-refractivity contribution < 1.29 is 9.84 Å². The molecule has 26 heavy (non-hydrogen) atoms. The Kier molecular flexibility index (Phi) is 14.1. The van der Waals surface area contributed by atoms with Crippen LogP contribution in [0.3, 0.4) is 0 Å². The van der Waals surface area contributed by atoms with E-state index in [1.54, 1.807) is 13.2 Å². The van der Waals surface area contributed by atoms with Crippen molar-refractivity contribution in [3.8, 4) is 11.5 Å². The number of methoxy groups -OCH3 is 1. The lowest BCUT2D eigenvalue weighted by Gasteiger charge is -2.18. The summed E-state index contributed by atoms with van der Waals surface area (Å²) in [6.45, 7) is 4.53. The highest BCUT2D eigenvalue weighted by molar-refractivity contribution is 8.16. The molecule has 0 aromatic heterocycles. The first-order valence-corrected chi connectivity index (χ1v) is 12.4. The van der Waals surface area contributed by atoms with Crippen LogP contribution in [0.15, 0.2) is 18.2 Å². The SMILES string of the molecule is CCCCCCCSC(SCCCCCCC)c1ccc(O)c(OC)c1. The molecule has 0 aliphatic carbocycles. The second-order valence-electron chi connectivity index (χ2n) is 6.83. The largest absolute Gasteiger partial charge is 0.504 e. The maximum atomic E-state index is 9.87. The summed E-state index contributed by atoms with van der Waals surface area (Å²) in [5.74, 6) is 3.23. The van der Waals surface area contributed by atoms with Gasteiger partial charge in [0, 0.05) is 0 Å². The summed E-state index contributed by atoms with van der Waals surface area (Å²) in [5.41, 5.74) is 1.26. The van der Waals surface area contributed by atoms with Crippen molar-refractivity contribution >= 4 is 23.5 Å². The summed E-state index contributed by atoms with van der Waals surface area (Å²) in [6, 6.07) is 5.83. The maximum absolute atomic E-state index is 9.87. The molecule has 0 fully saturated rings. The average Bonchev–Trinajstić information content (AvgIpc) is 2.66. The van der Waals surface area contributed by atoms with Crippen LogP contribution in [0.4, 0.5) is 0 Å². The Hall–Kier alpha value is -0.480. The fraction of sp³-hybridized carbons (Fsp3) is 0.727. The molecule has 1 N–H and O–H groups in total. The fourth-order valence-corrected chi connectivity index (χ4v) is 5.68. The minimum Gasteiger partial charge on any atom is -0.504 e. The lowest BCUT2D eigenvalue weighted by atomic mass is 10.2. The molecular formula is C22H38O2S2. The summed E-state index contributed by atoms with van der Waals surface area (Å²) < 4.78 is 5.74. The Labute approximate surface area is 169 Å². The molecule has 2 nitrogen and oxygen atoms in total.